The lowest BCUT2D eigenvalue weighted by atomic mass is 9.93. The number of hydrogen-bond donors (Lipinski definition) is 0. The number of methoxy groups -OCH3 is 1. The summed E-state index contributed by atoms with van der Waals surface area (Å²) in [6, 6.07) is 18.7. The van der Waals surface area contributed by atoms with Crippen molar-refractivity contribution in [1.82, 2.24) is 9.47 Å². The zero-order valence-electron chi connectivity index (χ0n) is 18.7. The summed E-state index contributed by atoms with van der Waals surface area (Å²) in [6.07, 6.45) is 8.14. The maximum Gasteiger partial charge on any atom is 0.227 e. The number of amides is 1. The van der Waals surface area contributed by atoms with Gasteiger partial charge in [-0.25, -0.2) is 4.39 Å². The van der Waals surface area contributed by atoms with Crippen molar-refractivity contribution in [1.29, 1.82) is 0 Å². The number of rotatable bonds is 8. The molecule has 0 saturated heterocycles. The predicted octanol–water partition coefficient (Wildman–Crippen LogP) is 5.59. The van der Waals surface area contributed by atoms with E-state index in [9.17, 15) is 9.18 Å². The second kappa shape index (κ2) is 10.5. The summed E-state index contributed by atoms with van der Waals surface area (Å²) in [6.45, 7) is 1.25. The normalized spacial score (nSPS) is 14.3. The number of nitrogens with zero attached hydrogens (tertiary/aromatic N) is 2. The lowest BCUT2D eigenvalue weighted by molar-refractivity contribution is -0.134. The van der Waals surface area contributed by atoms with Crippen LogP contribution in [-0.2, 0) is 24.3 Å². The van der Waals surface area contributed by atoms with Gasteiger partial charge in [0, 0.05) is 24.5 Å². The highest BCUT2D eigenvalue weighted by Crippen LogP contribution is 2.26. The van der Waals surface area contributed by atoms with Crippen LogP contribution in [0.1, 0.15) is 48.9 Å². The van der Waals surface area contributed by atoms with Crippen LogP contribution in [0.4, 0.5) is 4.39 Å². The molecule has 1 saturated carbocycles. The number of aromatic nitrogens is 1. The molecule has 5 heteroatoms. The third-order valence-corrected chi connectivity index (χ3v) is 6.37. The van der Waals surface area contributed by atoms with Gasteiger partial charge in [0.1, 0.15) is 11.6 Å². The van der Waals surface area contributed by atoms with Crippen LogP contribution in [0.15, 0.2) is 66.9 Å². The van der Waals surface area contributed by atoms with Crippen LogP contribution >= 0.6 is 0 Å². The van der Waals surface area contributed by atoms with Crippen LogP contribution in [0.3, 0.4) is 0 Å². The minimum Gasteiger partial charge on any atom is -0.497 e. The number of carbonyl (C=O) groups is 1. The Morgan fingerprint density at radius 1 is 1.00 bits per heavy atom. The van der Waals surface area contributed by atoms with Crippen LogP contribution in [0, 0.1) is 5.82 Å². The summed E-state index contributed by atoms with van der Waals surface area (Å²) in [5.74, 6) is 0.731. The summed E-state index contributed by atoms with van der Waals surface area (Å²) in [5.41, 5.74) is 3.14. The van der Waals surface area contributed by atoms with Crippen molar-refractivity contribution in [2.24, 2.45) is 0 Å². The van der Waals surface area contributed by atoms with E-state index in [2.05, 4.69) is 15.5 Å². The monoisotopic (exact) mass is 434 g/mol. The van der Waals surface area contributed by atoms with E-state index in [1.54, 1.807) is 7.11 Å². The number of hydrogen-bond acceptors (Lipinski definition) is 2. The lowest BCUT2D eigenvalue weighted by Crippen LogP contribution is -2.42. The number of carbonyl (C=O) groups excluding carboxylic acids is 1. The number of benzene rings is 2. The fourth-order valence-electron chi connectivity index (χ4n) is 4.54. The van der Waals surface area contributed by atoms with Gasteiger partial charge in [-0.1, -0.05) is 43.5 Å². The second-order valence-electron chi connectivity index (χ2n) is 8.59. The second-order valence-corrected chi connectivity index (χ2v) is 8.59. The fraction of sp³-hybridized carbons (Fsp3) is 0.370. The molecule has 0 spiro atoms. The molecule has 1 fully saturated rings. The molecule has 1 aromatic heterocycles. The summed E-state index contributed by atoms with van der Waals surface area (Å²) in [5, 5.41) is 0. The Balaban J connectivity index is 1.51. The van der Waals surface area contributed by atoms with Crippen molar-refractivity contribution < 1.29 is 13.9 Å². The van der Waals surface area contributed by atoms with Gasteiger partial charge >= 0.3 is 0 Å². The highest BCUT2D eigenvalue weighted by Gasteiger charge is 2.26. The lowest BCUT2D eigenvalue weighted by Gasteiger charge is -2.35. The first-order valence-electron chi connectivity index (χ1n) is 11.4. The van der Waals surface area contributed by atoms with Crippen LogP contribution < -0.4 is 4.74 Å². The first kappa shape index (κ1) is 22.1. The minimum absolute atomic E-state index is 0.164. The Hall–Kier alpha value is -3.08. The topological polar surface area (TPSA) is 34.5 Å². The SMILES string of the molecule is COc1ccc(CC(=O)N(Cc2cccn2Cc2ccc(F)cc2)C2CCCCC2)cc1. The van der Waals surface area contributed by atoms with E-state index in [0.717, 1.165) is 35.4 Å². The molecule has 1 aliphatic carbocycles. The standard InChI is InChI=1S/C27H31FN2O2/c1-32-26-15-11-21(12-16-26)18-27(31)30(24-6-3-2-4-7-24)20-25-8-5-17-29(25)19-22-9-13-23(28)14-10-22/h5,8-17,24H,2-4,6-7,18-20H2,1H3. The summed E-state index contributed by atoms with van der Waals surface area (Å²) >= 11 is 0. The molecule has 0 radical (unpaired) electrons. The van der Waals surface area contributed by atoms with Crippen molar-refractivity contribution in [3.63, 3.8) is 0 Å². The maximum atomic E-state index is 13.4. The molecule has 4 nitrogen and oxygen atoms in total. The zero-order chi connectivity index (χ0) is 22.3. The molecular formula is C27H31FN2O2. The Morgan fingerprint density at radius 3 is 2.38 bits per heavy atom. The quantitative estimate of drug-likeness (QED) is 0.463. The Morgan fingerprint density at radius 2 is 1.69 bits per heavy atom. The number of halogens is 1. The average Bonchev–Trinajstić information content (AvgIpc) is 3.26. The van der Waals surface area contributed by atoms with Crippen LogP contribution in [-0.4, -0.2) is 28.5 Å². The zero-order valence-corrected chi connectivity index (χ0v) is 18.7. The van der Waals surface area contributed by atoms with Crippen molar-refractivity contribution in [3.8, 4) is 5.75 Å². The van der Waals surface area contributed by atoms with Gasteiger partial charge in [0.05, 0.1) is 20.1 Å². The maximum absolute atomic E-state index is 13.4. The number of ether oxygens (including phenoxy) is 1. The molecule has 0 aliphatic heterocycles. The predicted molar refractivity (Wildman–Crippen MR) is 124 cm³/mol. The molecule has 0 unspecified atom stereocenters. The summed E-state index contributed by atoms with van der Waals surface area (Å²) in [7, 11) is 1.64. The third kappa shape index (κ3) is 5.58. The Kier molecular flexibility index (Phi) is 7.25. The molecule has 0 bridgehead atoms. The van der Waals surface area contributed by atoms with Gasteiger partial charge in [0.2, 0.25) is 5.91 Å². The van der Waals surface area contributed by atoms with E-state index >= 15 is 0 Å². The molecule has 0 atom stereocenters. The van der Waals surface area contributed by atoms with E-state index in [4.69, 9.17) is 4.74 Å². The van der Waals surface area contributed by atoms with E-state index in [1.807, 2.05) is 48.7 Å². The first-order chi connectivity index (χ1) is 15.6. The van der Waals surface area contributed by atoms with Crippen molar-refractivity contribution in [2.75, 3.05) is 7.11 Å². The molecule has 168 valence electrons. The van der Waals surface area contributed by atoms with Gasteiger partial charge < -0.3 is 14.2 Å². The molecule has 2 aromatic carbocycles. The van der Waals surface area contributed by atoms with Gasteiger partial charge in [-0.3, -0.25) is 4.79 Å². The molecule has 1 heterocycles. The van der Waals surface area contributed by atoms with Crippen molar-refractivity contribution in [2.45, 2.75) is 57.7 Å². The van der Waals surface area contributed by atoms with E-state index in [1.165, 1.54) is 31.4 Å². The van der Waals surface area contributed by atoms with E-state index < -0.39 is 0 Å². The smallest absolute Gasteiger partial charge is 0.227 e. The summed E-state index contributed by atoms with van der Waals surface area (Å²) in [4.78, 5) is 15.5. The van der Waals surface area contributed by atoms with Crippen molar-refractivity contribution in [3.05, 3.63) is 89.5 Å². The Labute approximate surface area is 189 Å². The molecule has 3 aromatic rings. The first-order valence-corrected chi connectivity index (χ1v) is 11.4. The molecule has 1 amide bonds. The van der Waals surface area contributed by atoms with Crippen LogP contribution in [0.2, 0.25) is 0 Å². The van der Waals surface area contributed by atoms with Crippen LogP contribution in [0.5, 0.6) is 5.75 Å². The highest BCUT2D eigenvalue weighted by molar-refractivity contribution is 5.79. The van der Waals surface area contributed by atoms with Gasteiger partial charge in [-0.2, -0.15) is 0 Å². The molecular weight excluding hydrogens is 403 g/mol. The van der Waals surface area contributed by atoms with E-state index in [0.29, 0.717) is 19.5 Å². The van der Waals surface area contributed by atoms with Gasteiger partial charge in [0.15, 0.2) is 0 Å². The molecule has 4 rings (SSSR count). The van der Waals surface area contributed by atoms with Gasteiger partial charge in [-0.05, 0) is 60.4 Å². The molecule has 1 aliphatic rings. The van der Waals surface area contributed by atoms with Gasteiger partial charge in [-0.15, -0.1) is 0 Å². The third-order valence-electron chi connectivity index (χ3n) is 6.37. The highest BCUT2D eigenvalue weighted by atomic mass is 19.1. The fourth-order valence-corrected chi connectivity index (χ4v) is 4.54. The van der Waals surface area contributed by atoms with Gasteiger partial charge in [0.25, 0.3) is 0 Å². The van der Waals surface area contributed by atoms with Crippen LogP contribution in [0.25, 0.3) is 0 Å². The molecule has 0 N–H and O–H groups in total. The Bertz CT molecular complexity index is 1000. The molecule has 32 heavy (non-hydrogen) atoms. The minimum atomic E-state index is -0.228. The largest absolute Gasteiger partial charge is 0.497 e. The van der Waals surface area contributed by atoms with E-state index in [-0.39, 0.29) is 17.8 Å². The average molecular weight is 435 g/mol. The summed E-state index contributed by atoms with van der Waals surface area (Å²) < 4.78 is 20.7. The van der Waals surface area contributed by atoms with Crippen molar-refractivity contribution >= 4 is 5.91 Å².